The van der Waals surface area contributed by atoms with Crippen LogP contribution in [0.2, 0.25) is 0 Å². The van der Waals surface area contributed by atoms with Crippen molar-refractivity contribution >= 4 is 20.0 Å². The zero-order valence-corrected chi connectivity index (χ0v) is 21.2. The van der Waals surface area contributed by atoms with E-state index in [4.69, 9.17) is 4.74 Å². The number of sulfonamides is 2. The van der Waals surface area contributed by atoms with Gasteiger partial charge in [-0.1, -0.05) is 0 Å². The zero-order valence-electron chi connectivity index (χ0n) is 19.5. The van der Waals surface area contributed by atoms with E-state index in [1.165, 1.54) is 23.5 Å². The number of nitrogens with one attached hydrogen (secondary N) is 1. The van der Waals surface area contributed by atoms with E-state index >= 15 is 0 Å². The maximum Gasteiger partial charge on any atom is 0.243 e. The summed E-state index contributed by atoms with van der Waals surface area (Å²) in [5.41, 5.74) is 4.59. The molecule has 0 spiro atoms. The monoisotopic (exact) mass is 480 g/mol. The molecule has 1 aliphatic rings. The molecule has 1 fully saturated rings. The zero-order chi connectivity index (χ0) is 23.8. The molecule has 0 bridgehead atoms. The fourth-order valence-electron chi connectivity index (χ4n) is 4.26. The lowest BCUT2D eigenvalue weighted by molar-refractivity contribution is 0.308. The van der Waals surface area contributed by atoms with Crippen LogP contribution in [0.1, 0.15) is 40.7 Å². The smallest absolute Gasteiger partial charge is 0.243 e. The molecule has 2 aromatic carbocycles. The van der Waals surface area contributed by atoms with Gasteiger partial charge in [0.2, 0.25) is 20.0 Å². The van der Waals surface area contributed by atoms with E-state index in [2.05, 4.69) is 4.72 Å². The lowest BCUT2D eigenvalue weighted by Crippen LogP contribution is -2.46. The first-order chi connectivity index (χ1) is 14.9. The molecule has 0 aromatic heterocycles. The van der Waals surface area contributed by atoms with Crippen LogP contribution in [0, 0.1) is 34.6 Å². The van der Waals surface area contributed by atoms with Gasteiger partial charge in [-0.25, -0.2) is 21.6 Å². The number of benzene rings is 2. The summed E-state index contributed by atoms with van der Waals surface area (Å²) in [4.78, 5) is 0.542. The topological polar surface area (TPSA) is 92.8 Å². The highest BCUT2D eigenvalue weighted by atomic mass is 32.2. The molecule has 2 aromatic rings. The molecule has 0 atom stereocenters. The number of hydrogen-bond donors (Lipinski definition) is 1. The van der Waals surface area contributed by atoms with E-state index in [1.807, 2.05) is 34.6 Å². The number of methoxy groups -OCH3 is 1. The minimum atomic E-state index is -3.73. The molecule has 1 saturated heterocycles. The van der Waals surface area contributed by atoms with Gasteiger partial charge in [0.05, 0.1) is 16.9 Å². The highest BCUT2D eigenvalue weighted by Crippen LogP contribution is 2.30. The van der Waals surface area contributed by atoms with Gasteiger partial charge in [-0.05, 0) is 99.5 Å². The first-order valence-electron chi connectivity index (χ1n) is 10.6. The van der Waals surface area contributed by atoms with E-state index in [-0.39, 0.29) is 24.0 Å². The third-order valence-corrected chi connectivity index (χ3v) is 10.4. The van der Waals surface area contributed by atoms with Crippen molar-refractivity contribution in [3.63, 3.8) is 0 Å². The maximum absolute atomic E-state index is 13.3. The highest BCUT2D eigenvalue weighted by Gasteiger charge is 2.32. The Morgan fingerprint density at radius 3 is 1.75 bits per heavy atom. The Kier molecular flexibility index (Phi) is 7.05. The maximum atomic E-state index is 13.3. The standard InChI is InChI=1S/C23H32N2O5S2/c1-15-16(2)18(4)23(19(5)17(15)3)31(26,27)24-20-11-13-25(14-12-20)32(28,29)22-9-7-21(30-6)8-10-22/h7-10,20,24H,11-14H2,1-6H3. The van der Waals surface area contributed by atoms with Crippen LogP contribution in [-0.4, -0.2) is 47.4 Å². The van der Waals surface area contributed by atoms with Gasteiger partial charge in [0, 0.05) is 19.1 Å². The van der Waals surface area contributed by atoms with Crippen LogP contribution in [0.3, 0.4) is 0 Å². The summed E-state index contributed by atoms with van der Waals surface area (Å²) >= 11 is 0. The van der Waals surface area contributed by atoms with Gasteiger partial charge in [-0.15, -0.1) is 0 Å². The van der Waals surface area contributed by atoms with Crippen LogP contribution >= 0.6 is 0 Å². The first kappa shape index (κ1) is 24.7. The van der Waals surface area contributed by atoms with Crippen LogP contribution in [-0.2, 0) is 20.0 Å². The summed E-state index contributed by atoms with van der Waals surface area (Å²) in [5.74, 6) is 0.587. The Balaban J connectivity index is 1.75. The molecule has 176 valence electrons. The summed E-state index contributed by atoms with van der Waals surface area (Å²) < 4.78 is 61.7. The molecule has 0 amide bonds. The summed E-state index contributed by atoms with van der Waals surface area (Å²) in [7, 11) is -5.84. The molecule has 1 heterocycles. The Morgan fingerprint density at radius 2 is 1.28 bits per heavy atom. The summed E-state index contributed by atoms with van der Waals surface area (Å²) in [6, 6.07) is 5.96. The quantitative estimate of drug-likeness (QED) is 0.684. The van der Waals surface area contributed by atoms with E-state index in [0.717, 1.165) is 27.8 Å². The van der Waals surface area contributed by atoms with Gasteiger partial charge in [0.15, 0.2) is 0 Å². The van der Waals surface area contributed by atoms with Crippen molar-refractivity contribution in [1.29, 1.82) is 0 Å². The van der Waals surface area contributed by atoms with Crippen molar-refractivity contribution in [2.45, 2.75) is 63.3 Å². The van der Waals surface area contributed by atoms with Crippen molar-refractivity contribution in [2.75, 3.05) is 20.2 Å². The summed E-state index contributed by atoms with van der Waals surface area (Å²) in [6.45, 7) is 10.1. The molecule has 0 unspecified atom stereocenters. The molecule has 9 heteroatoms. The normalized spacial score (nSPS) is 16.3. The summed E-state index contributed by atoms with van der Waals surface area (Å²) in [5, 5.41) is 0. The number of hydrogen-bond acceptors (Lipinski definition) is 5. The molecule has 0 aliphatic carbocycles. The highest BCUT2D eigenvalue weighted by molar-refractivity contribution is 7.89. The second-order valence-electron chi connectivity index (χ2n) is 8.43. The molecule has 0 radical (unpaired) electrons. The van der Waals surface area contributed by atoms with E-state index < -0.39 is 20.0 Å². The Bertz CT molecular complexity index is 1180. The fraction of sp³-hybridized carbons (Fsp3) is 0.478. The van der Waals surface area contributed by atoms with E-state index in [9.17, 15) is 16.8 Å². The molecular formula is C23H32N2O5S2. The molecule has 32 heavy (non-hydrogen) atoms. The van der Waals surface area contributed by atoms with Gasteiger partial charge in [-0.2, -0.15) is 4.31 Å². The predicted molar refractivity (Wildman–Crippen MR) is 125 cm³/mol. The minimum absolute atomic E-state index is 0.203. The lowest BCUT2D eigenvalue weighted by Gasteiger charge is -2.32. The second kappa shape index (κ2) is 9.13. The number of ether oxygens (including phenoxy) is 1. The van der Waals surface area contributed by atoms with Crippen molar-refractivity contribution in [2.24, 2.45) is 0 Å². The fourth-order valence-corrected chi connectivity index (χ4v) is 7.63. The SMILES string of the molecule is COc1ccc(S(=O)(=O)N2CCC(NS(=O)(=O)c3c(C)c(C)c(C)c(C)c3C)CC2)cc1. The predicted octanol–water partition coefficient (Wildman–Crippen LogP) is 3.37. The van der Waals surface area contributed by atoms with Gasteiger partial charge in [0.1, 0.15) is 5.75 Å². The summed E-state index contributed by atoms with van der Waals surface area (Å²) in [6.07, 6.45) is 0.826. The lowest BCUT2D eigenvalue weighted by atomic mass is 9.95. The van der Waals surface area contributed by atoms with Crippen molar-refractivity contribution in [3.05, 3.63) is 52.1 Å². The van der Waals surface area contributed by atoms with Crippen LogP contribution < -0.4 is 9.46 Å². The Morgan fingerprint density at radius 1 is 0.812 bits per heavy atom. The average molecular weight is 481 g/mol. The molecule has 1 N–H and O–H groups in total. The molecule has 3 rings (SSSR count). The van der Waals surface area contributed by atoms with Crippen molar-refractivity contribution in [1.82, 2.24) is 9.03 Å². The third kappa shape index (κ3) is 4.57. The van der Waals surface area contributed by atoms with Gasteiger partial charge >= 0.3 is 0 Å². The molecule has 1 aliphatic heterocycles. The minimum Gasteiger partial charge on any atom is -0.497 e. The first-order valence-corrected chi connectivity index (χ1v) is 13.6. The van der Waals surface area contributed by atoms with E-state index in [0.29, 0.717) is 23.5 Å². The Labute approximate surface area is 191 Å². The third-order valence-electron chi connectivity index (χ3n) is 6.67. The molecular weight excluding hydrogens is 448 g/mol. The van der Waals surface area contributed by atoms with Crippen molar-refractivity contribution < 1.29 is 21.6 Å². The number of nitrogens with zero attached hydrogens (tertiary/aromatic N) is 1. The Hall–Kier alpha value is -1.94. The molecule has 0 saturated carbocycles. The molecule has 7 nitrogen and oxygen atoms in total. The van der Waals surface area contributed by atoms with Crippen LogP contribution in [0.4, 0.5) is 0 Å². The van der Waals surface area contributed by atoms with E-state index in [1.54, 1.807) is 12.1 Å². The van der Waals surface area contributed by atoms with Crippen LogP contribution in [0.25, 0.3) is 0 Å². The van der Waals surface area contributed by atoms with Crippen LogP contribution in [0.5, 0.6) is 5.75 Å². The van der Waals surface area contributed by atoms with Gasteiger partial charge < -0.3 is 4.74 Å². The second-order valence-corrected chi connectivity index (χ2v) is 12.0. The van der Waals surface area contributed by atoms with Crippen molar-refractivity contribution in [3.8, 4) is 5.75 Å². The number of rotatable bonds is 6. The van der Waals surface area contributed by atoms with Gasteiger partial charge in [-0.3, -0.25) is 0 Å². The van der Waals surface area contributed by atoms with Crippen LogP contribution in [0.15, 0.2) is 34.1 Å². The largest absolute Gasteiger partial charge is 0.497 e. The average Bonchev–Trinajstić information content (AvgIpc) is 2.76. The number of piperidine rings is 1. The van der Waals surface area contributed by atoms with Gasteiger partial charge in [0.25, 0.3) is 0 Å².